The van der Waals surface area contributed by atoms with Crippen molar-refractivity contribution >= 4 is 56.8 Å². The van der Waals surface area contributed by atoms with E-state index in [9.17, 15) is 4.79 Å². The Kier molecular flexibility index (Phi) is 12.0. The van der Waals surface area contributed by atoms with E-state index in [0.29, 0.717) is 25.3 Å². The molecule has 1 amide bonds. The van der Waals surface area contributed by atoms with Crippen LogP contribution < -0.4 is 14.4 Å². The second-order valence-electron chi connectivity index (χ2n) is 7.41. The smallest absolute Gasteiger partial charge is 0.229 e. The Morgan fingerprint density at radius 2 is 1.74 bits per heavy atom. The number of rotatable bonds is 13. The predicted molar refractivity (Wildman–Crippen MR) is 147 cm³/mol. The Morgan fingerprint density at radius 3 is 2.38 bits per heavy atom. The zero-order valence-electron chi connectivity index (χ0n) is 20.3. The topological polar surface area (TPSA) is 54.9 Å². The number of amides is 1. The van der Waals surface area contributed by atoms with Gasteiger partial charge in [-0.2, -0.15) is 0 Å². The van der Waals surface area contributed by atoms with E-state index in [0.717, 1.165) is 51.4 Å². The van der Waals surface area contributed by atoms with Crippen LogP contribution in [-0.4, -0.2) is 61.4 Å². The number of likely N-dealkylation sites (N-methyl/N-ethyl adjacent to an activating group) is 1. The molecule has 0 aliphatic rings. The molecule has 186 valence electrons. The van der Waals surface area contributed by atoms with Gasteiger partial charge in [-0.3, -0.25) is 9.69 Å². The molecule has 3 aromatic rings. The quantitative estimate of drug-likeness (QED) is 0.257. The molecular weight excluding hydrogens is 490 g/mol. The Hall–Kier alpha value is -2.00. The normalized spacial score (nSPS) is 10.9. The van der Waals surface area contributed by atoms with Crippen molar-refractivity contribution in [2.24, 2.45) is 0 Å². The molecule has 0 fully saturated rings. The van der Waals surface area contributed by atoms with E-state index in [1.54, 1.807) is 30.2 Å². The molecule has 0 saturated carbocycles. The van der Waals surface area contributed by atoms with Crippen LogP contribution in [-0.2, 0) is 4.79 Å². The molecular formula is C25H34ClN3O3S2. The summed E-state index contributed by atoms with van der Waals surface area (Å²) in [6, 6.07) is 13.8. The van der Waals surface area contributed by atoms with Crippen LogP contribution in [0.2, 0.25) is 0 Å². The standard InChI is InChI=1S/C25H33N3O3S2.ClH/c1-5-27(6-2)15-16-28(24(29)14-17-32-21-11-8-19(30-4)9-12-21)25-26-22-13-10-20(31-7-3)18-23(22)33-25;/h8-13,18H,5-7,14-17H2,1-4H3;1H. The van der Waals surface area contributed by atoms with Gasteiger partial charge in [0.2, 0.25) is 5.91 Å². The number of nitrogens with zero attached hydrogens (tertiary/aromatic N) is 3. The van der Waals surface area contributed by atoms with Gasteiger partial charge in [0, 0.05) is 30.2 Å². The van der Waals surface area contributed by atoms with Crippen LogP contribution in [0.1, 0.15) is 27.2 Å². The third kappa shape index (κ3) is 7.77. The van der Waals surface area contributed by atoms with Crippen molar-refractivity contribution < 1.29 is 14.3 Å². The number of hydrogen-bond donors (Lipinski definition) is 0. The maximum absolute atomic E-state index is 13.3. The fraction of sp³-hybridized carbons (Fsp3) is 0.440. The first kappa shape index (κ1) is 28.2. The van der Waals surface area contributed by atoms with Crippen molar-refractivity contribution in [3.63, 3.8) is 0 Å². The van der Waals surface area contributed by atoms with Crippen LogP contribution in [0, 0.1) is 0 Å². The number of hydrogen-bond acceptors (Lipinski definition) is 7. The molecule has 3 rings (SSSR count). The highest BCUT2D eigenvalue weighted by molar-refractivity contribution is 7.99. The second-order valence-corrected chi connectivity index (χ2v) is 9.58. The number of carbonyl (C=O) groups is 1. The Morgan fingerprint density at radius 1 is 1.03 bits per heavy atom. The zero-order valence-corrected chi connectivity index (χ0v) is 22.7. The van der Waals surface area contributed by atoms with Gasteiger partial charge >= 0.3 is 0 Å². The molecule has 0 radical (unpaired) electrons. The van der Waals surface area contributed by atoms with E-state index in [-0.39, 0.29) is 18.3 Å². The average molecular weight is 524 g/mol. The molecule has 0 aliphatic heterocycles. The second kappa shape index (κ2) is 14.4. The van der Waals surface area contributed by atoms with Crippen LogP contribution in [0.25, 0.3) is 10.2 Å². The lowest BCUT2D eigenvalue weighted by Gasteiger charge is -2.24. The molecule has 1 aromatic heterocycles. The maximum atomic E-state index is 13.3. The van der Waals surface area contributed by atoms with Crippen molar-refractivity contribution in [3.05, 3.63) is 42.5 Å². The molecule has 9 heteroatoms. The Bertz CT molecular complexity index is 1030. The Balaban J connectivity index is 0.00000408. The maximum Gasteiger partial charge on any atom is 0.229 e. The number of benzene rings is 2. The number of carbonyl (C=O) groups excluding carboxylic acids is 1. The van der Waals surface area contributed by atoms with E-state index in [1.165, 1.54) is 0 Å². The van der Waals surface area contributed by atoms with Gasteiger partial charge in [-0.15, -0.1) is 24.2 Å². The molecule has 6 nitrogen and oxygen atoms in total. The van der Waals surface area contributed by atoms with Crippen LogP contribution in [0.3, 0.4) is 0 Å². The molecule has 2 aromatic carbocycles. The van der Waals surface area contributed by atoms with Gasteiger partial charge in [0.15, 0.2) is 5.13 Å². The summed E-state index contributed by atoms with van der Waals surface area (Å²) in [5, 5.41) is 0.755. The average Bonchev–Trinajstić information content (AvgIpc) is 3.25. The van der Waals surface area contributed by atoms with Gasteiger partial charge < -0.3 is 14.4 Å². The number of anilines is 1. The van der Waals surface area contributed by atoms with E-state index >= 15 is 0 Å². The lowest BCUT2D eigenvalue weighted by molar-refractivity contribution is -0.118. The summed E-state index contributed by atoms with van der Waals surface area (Å²) in [5.74, 6) is 2.48. The SMILES string of the molecule is CCOc1ccc2nc(N(CCN(CC)CC)C(=O)CCSc3ccc(OC)cc3)sc2c1.Cl. The van der Waals surface area contributed by atoms with Crippen LogP contribution in [0.15, 0.2) is 47.4 Å². The van der Waals surface area contributed by atoms with Crippen molar-refractivity contribution in [2.45, 2.75) is 32.1 Å². The minimum absolute atomic E-state index is 0. The summed E-state index contributed by atoms with van der Waals surface area (Å²) in [4.78, 5) is 23.4. The van der Waals surface area contributed by atoms with Gasteiger partial charge in [0.25, 0.3) is 0 Å². The summed E-state index contributed by atoms with van der Waals surface area (Å²) >= 11 is 3.23. The van der Waals surface area contributed by atoms with E-state index in [4.69, 9.17) is 14.5 Å². The lowest BCUT2D eigenvalue weighted by Crippen LogP contribution is -2.39. The number of fused-ring (bicyclic) bond motifs is 1. The first-order chi connectivity index (χ1) is 16.1. The zero-order chi connectivity index (χ0) is 23.6. The first-order valence-corrected chi connectivity index (χ1v) is 13.2. The first-order valence-electron chi connectivity index (χ1n) is 11.4. The van der Waals surface area contributed by atoms with Crippen LogP contribution in [0.4, 0.5) is 5.13 Å². The summed E-state index contributed by atoms with van der Waals surface area (Å²) in [6.45, 7) is 10.3. The van der Waals surface area contributed by atoms with E-state index in [2.05, 4.69) is 18.7 Å². The number of ether oxygens (including phenoxy) is 2. The molecule has 0 atom stereocenters. The third-order valence-corrected chi connectivity index (χ3v) is 7.42. The largest absolute Gasteiger partial charge is 0.497 e. The van der Waals surface area contributed by atoms with Crippen molar-refractivity contribution in [2.75, 3.05) is 50.5 Å². The Labute approximate surface area is 217 Å². The minimum Gasteiger partial charge on any atom is -0.497 e. The number of thiazole rings is 1. The molecule has 0 saturated heterocycles. The minimum atomic E-state index is 0. The van der Waals surface area contributed by atoms with Gasteiger partial charge in [-0.1, -0.05) is 25.2 Å². The van der Waals surface area contributed by atoms with Gasteiger partial charge in [0.05, 0.1) is 23.9 Å². The highest BCUT2D eigenvalue weighted by Crippen LogP contribution is 2.32. The monoisotopic (exact) mass is 523 g/mol. The van der Waals surface area contributed by atoms with Gasteiger partial charge in [0.1, 0.15) is 11.5 Å². The fourth-order valence-corrected chi connectivity index (χ4v) is 5.31. The molecule has 34 heavy (non-hydrogen) atoms. The van der Waals surface area contributed by atoms with Gasteiger partial charge in [-0.05, 0) is 62.5 Å². The van der Waals surface area contributed by atoms with E-state index < -0.39 is 0 Å². The van der Waals surface area contributed by atoms with Crippen molar-refractivity contribution in [1.29, 1.82) is 0 Å². The summed E-state index contributed by atoms with van der Waals surface area (Å²) in [7, 11) is 1.66. The summed E-state index contributed by atoms with van der Waals surface area (Å²) in [6.07, 6.45) is 0.453. The van der Waals surface area contributed by atoms with Crippen molar-refractivity contribution in [1.82, 2.24) is 9.88 Å². The van der Waals surface area contributed by atoms with Gasteiger partial charge in [-0.25, -0.2) is 4.98 Å². The number of methoxy groups -OCH3 is 1. The highest BCUT2D eigenvalue weighted by Gasteiger charge is 2.20. The predicted octanol–water partition coefficient (Wildman–Crippen LogP) is 5.98. The van der Waals surface area contributed by atoms with E-state index in [1.807, 2.05) is 54.3 Å². The van der Waals surface area contributed by atoms with Crippen LogP contribution >= 0.6 is 35.5 Å². The summed E-state index contributed by atoms with van der Waals surface area (Å²) < 4.78 is 11.9. The number of aromatic nitrogens is 1. The highest BCUT2D eigenvalue weighted by atomic mass is 35.5. The fourth-order valence-electron chi connectivity index (χ4n) is 3.44. The number of halogens is 1. The molecule has 0 bridgehead atoms. The number of thioether (sulfide) groups is 1. The molecule has 0 spiro atoms. The van der Waals surface area contributed by atoms with Crippen molar-refractivity contribution in [3.8, 4) is 11.5 Å². The molecule has 0 unspecified atom stereocenters. The molecule has 0 N–H and O–H groups in total. The lowest BCUT2D eigenvalue weighted by atomic mass is 10.3. The molecule has 1 heterocycles. The third-order valence-electron chi connectivity index (χ3n) is 5.37. The molecule has 0 aliphatic carbocycles. The van der Waals surface area contributed by atoms with Crippen LogP contribution in [0.5, 0.6) is 11.5 Å². The summed E-state index contributed by atoms with van der Waals surface area (Å²) in [5.41, 5.74) is 0.895.